The number of hydrogen-bond donors (Lipinski definition) is 0. The number of benzene rings is 2. The highest BCUT2D eigenvalue weighted by atomic mass is 19.2. The standard InChI is InChI=1S/C26H30F4O/c1-3-4-5-6-19-13-14-20(24(28)23(19)27)12-9-17-7-10-18(11-8-17)21-15-16-22(31-2)26(30)25(21)29/h9,12-18H,3-8,10-11H2,1-2H3/b12-9+. The first-order valence-electron chi connectivity index (χ1n) is 11.1. The van der Waals surface area contributed by atoms with E-state index in [1.807, 2.05) is 6.08 Å². The average molecular weight is 435 g/mol. The van der Waals surface area contributed by atoms with E-state index in [0.717, 1.165) is 32.1 Å². The van der Waals surface area contributed by atoms with Gasteiger partial charge in [-0.25, -0.2) is 13.2 Å². The molecule has 1 nitrogen and oxygen atoms in total. The lowest BCUT2D eigenvalue weighted by atomic mass is 9.78. The normalized spacial score (nSPS) is 19.2. The van der Waals surface area contributed by atoms with Gasteiger partial charge in [0.15, 0.2) is 23.2 Å². The van der Waals surface area contributed by atoms with E-state index in [2.05, 4.69) is 6.92 Å². The maximum atomic E-state index is 14.4. The maximum absolute atomic E-state index is 14.4. The Hall–Kier alpha value is -2.30. The molecule has 0 heterocycles. The van der Waals surface area contributed by atoms with Crippen LogP contribution in [0.3, 0.4) is 0 Å². The maximum Gasteiger partial charge on any atom is 0.200 e. The van der Waals surface area contributed by atoms with E-state index in [-0.39, 0.29) is 23.1 Å². The Morgan fingerprint density at radius 1 is 0.871 bits per heavy atom. The molecule has 1 aliphatic rings. The number of ether oxygens (including phenoxy) is 1. The van der Waals surface area contributed by atoms with E-state index in [0.29, 0.717) is 30.4 Å². The van der Waals surface area contributed by atoms with Crippen molar-refractivity contribution in [3.05, 3.63) is 70.3 Å². The van der Waals surface area contributed by atoms with Crippen LogP contribution in [0.15, 0.2) is 30.3 Å². The molecule has 31 heavy (non-hydrogen) atoms. The molecule has 5 heteroatoms. The quantitative estimate of drug-likeness (QED) is 0.302. The summed E-state index contributed by atoms with van der Waals surface area (Å²) in [5.41, 5.74) is 1.06. The second kappa shape index (κ2) is 10.8. The van der Waals surface area contributed by atoms with E-state index in [9.17, 15) is 17.6 Å². The minimum atomic E-state index is -0.947. The van der Waals surface area contributed by atoms with Crippen molar-refractivity contribution in [3.8, 4) is 5.75 Å². The van der Waals surface area contributed by atoms with Crippen LogP contribution in [-0.4, -0.2) is 7.11 Å². The minimum Gasteiger partial charge on any atom is -0.494 e. The summed E-state index contributed by atoms with van der Waals surface area (Å²) < 4.78 is 62.0. The fourth-order valence-electron chi connectivity index (χ4n) is 4.37. The Morgan fingerprint density at radius 2 is 1.61 bits per heavy atom. The van der Waals surface area contributed by atoms with Crippen molar-refractivity contribution in [3.63, 3.8) is 0 Å². The lowest BCUT2D eigenvalue weighted by Gasteiger charge is -2.27. The smallest absolute Gasteiger partial charge is 0.200 e. The summed E-state index contributed by atoms with van der Waals surface area (Å²) >= 11 is 0. The van der Waals surface area contributed by atoms with Crippen LogP contribution in [0.2, 0.25) is 0 Å². The van der Waals surface area contributed by atoms with Crippen LogP contribution in [0.25, 0.3) is 6.08 Å². The zero-order valence-corrected chi connectivity index (χ0v) is 18.2. The van der Waals surface area contributed by atoms with Gasteiger partial charge in [0.05, 0.1) is 7.11 Å². The van der Waals surface area contributed by atoms with Gasteiger partial charge in [-0.15, -0.1) is 0 Å². The Labute approximate surface area is 182 Å². The molecule has 0 atom stereocenters. The Balaban J connectivity index is 1.61. The van der Waals surface area contributed by atoms with Gasteiger partial charge in [0.2, 0.25) is 5.82 Å². The van der Waals surface area contributed by atoms with E-state index < -0.39 is 23.3 Å². The number of allylic oxidation sites excluding steroid dienone is 1. The molecule has 0 spiro atoms. The second-order valence-corrected chi connectivity index (χ2v) is 8.35. The van der Waals surface area contributed by atoms with Crippen molar-refractivity contribution in [2.75, 3.05) is 7.11 Å². The van der Waals surface area contributed by atoms with Crippen LogP contribution in [0.4, 0.5) is 17.6 Å². The summed E-state index contributed by atoms with van der Waals surface area (Å²) in [5.74, 6) is -3.28. The van der Waals surface area contributed by atoms with Gasteiger partial charge in [-0.3, -0.25) is 0 Å². The first kappa shape index (κ1) is 23.4. The highest BCUT2D eigenvalue weighted by molar-refractivity contribution is 5.51. The Kier molecular flexibility index (Phi) is 8.16. The molecule has 1 saturated carbocycles. The SMILES string of the molecule is CCCCCc1ccc(/C=C/C2CCC(c3ccc(OC)c(F)c3F)CC2)c(F)c1F. The van der Waals surface area contributed by atoms with Crippen molar-refractivity contribution in [2.24, 2.45) is 5.92 Å². The van der Waals surface area contributed by atoms with E-state index in [1.165, 1.54) is 13.2 Å². The lowest BCUT2D eigenvalue weighted by Crippen LogP contribution is -2.13. The van der Waals surface area contributed by atoms with Crippen molar-refractivity contribution >= 4 is 6.08 Å². The molecule has 0 aromatic heterocycles. The number of methoxy groups -OCH3 is 1. The molecule has 3 rings (SSSR count). The van der Waals surface area contributed by atoms with Gasteiger partial charge >= 0.3 is 0 Å². The third kappa shape index (κ3) is 5.50. The molecular weight excluding hydrogens is 404 g/mol. The highest BCUT2D eigenvalue weighted by Crippen LogP contribution is 2.39. The Bertz CT molecular complexity index is 914. The fourth-order valence-corrected chi connectivity index (χ4v) is 4.37. The van der Waals surface area contributed by atoms with Gasteiger partial charge in [-0.1, -0.05) is 50.1 Å². The van der Waals surface area contributed by atoms with Gasteiger partial charge in [0.1, 0.15) is 0 Å². The Morgan fingerprint density at radius 3 is 2.29 bits per heavy atom. The molecule has 2 aromatic carbocycles. The van der Waals surface area contributed by atoms with Crippen LogP contribution in [-0.2, 0) is 6.42 Å². The lowest BCUT2D eigenvalue weighted by molar-refractivity contribution is 0.350. The molecule has 0 radical (unpaired) electrons. The van der Waals surface area contributed by atoms with E-state index in [4.69, 9.17) is 4.74 Å². The molecule has 0 bridgehead atoms. The number of hydrogen-bond acceptors (Lipinski definition) is 1. The third-order valence-corrected chi connectivity index (χ3v) is 6.30. The van der Waals surface area contributed by atoms with Crippen LogP contribution in [0, 0.1) is 29.2 Å². The molecular formula is C26H30F4O. The molecule has 0 amide bonds. The summed E-state index contributed by atoms with van der Waals surface area (Å²) in [6.45, 7) is 2.07. The number of aryl methyl sites for hydroxylation is 1. The highest BCUT2D eigenvalue weighted by Gasteiger charge is 2.25. The van der Waals surface area contributed by atoms with Crippen molar-refractivity contribution in [1.29, 1.82) is 0 Å². The summed E-state index contributed by atoms with van der Waals surface area (Å²) in [4.78, 5) is 0. The predicted octanol–water partition coefficient (Wildman–Crippen LogP) is 7.97. The predicted molar refractivity (Wildman–Crippen MR) is 116 cm³/mol. The van der Waals surface area contributed by atoms with Crippen LogP contribution in [0.5, 0.6) is 5.75 Å². The van der Waals surface area contributed by atoms with Gasteiger partial charge < -0.3 is 4.74 Å². The number of halogens is 4. The van der Waals surface area contributed by atoms with Gasteiger partial charge in [0, 0.05) is 5.56 Å². The molecule has 1 fully saturated rings. The topological polar surface area (TPSA) is 9.23 Å². The zero-order valence-electron chi connectivity index (χ0n) is 18.2. The average Bonchev–Trinajstić information content (AvgIpc) is 2.78. The van der Waals surface area contributed by atoms with Crippen LogP contribution >= 0.6 is 0 Å². The van der Waals surface area contributed by atoms with Crippen molar-refractivity contribution in [2.45, 2.75) is 64.2 Å². The number of unbranched alkanes of at least 4 members (excludes halogenated alkanes) is 2. The van der Waals surface area contributed by atoms with Gasteiger partial charge in [0.25, 0.3) is 0 Å². The molecule has 168 valence electrons. The molecule has 0 N–H and O–H groups in total. The van der Waals surface area contributed by atoms with Gasteiger partial charge in [-0.05, 0) is 67.6 Å². The molecule has 0 aliphatic heterocycles. The second-order valence-electron chi connectivity index (χ2n) is 8.35. The minimum absolute atomic E-state index is 0.0540. The molecule has 1 aliphatic carbocycles. The van der Waals surface area contributed by atoms with Gasteiger partial charge in [-0.2, -0.15) is 4.39 Å². The van der Waals surface area contributed by atoms with Crippen LogP contribution in [0.1, 0.15) is 74.5 Å². The fraction of sp³-hybridized carbons (Fsp3) is 0.462. The van der Waals surface area contributed by atoms with E-state index >= 15 is 0 Å². The third-order valence-electron chi connectivity index (χ3n) is 6.30. The summed E-state index contributed by atoms with van der Waals surface area (Å²) in [7, 11) is 1.31. The monoisotopic (exact) mass is 434 g/mol. The molecule has 2 aromatic rings. The zero-order chi connectivity index (χ0) is 22.4. The van der Waals surface area contributed by atoms with Crippen molar-refractivity contribution in [1.82, 2.24) is 0 Å². The molecule has 0 unspecified atom stereocenters. The first-order chi connectivity index (χ1) is 15.0. The number of rotatable bonds is 8. The largest absolute Gasteiger partial charge is 0.494 e. The molecule has 0 saturated heterocycles. The summed E-state index contributed by atoms with van der Waals surface area (Å²) in [6.07, 6.45) is 9.99. The summed E-state index contributed by atoms with van der Waals surface area (Å²) in [5, 5.41) is 0. The van der Waals surface area contributed by atoms with Crippen LogP contribution < -0.4 is 4.74 Å². The summed E-state index contributed by atoms with van der Waals surface area (Å²) in [6, 6.07) is 6.37. The first-order valence-corrected chi connectivity index (χ1v) is 11.1. The van der Waals surface area contributed by atoms with Crippen molar-refractivity contribution < 1.29 is 22.3 Å². The van der Waals surface area contributed by atoms with E-state index in [1.54, 1.807) is 24.3 Å².